The van der Waals surface area contributed by atoms with E-state index in [1.165, 1.54) is 17.9 Å². The molecule has 0 atom stereocenters. The predicted octanol–water partition coefficient (Wildman–Crippen LogP) is 3.44. The summed E-state index contributed by atoms with van der Waals surface area (Å²) in [4.78, 5) is 30.4. The summed E-state index contributed by atoms with van der Waals surface area (Å²) >= 11 is 0. The van der Waals surface area contributed by atoms with E-state index in [1.54, 1.807) is 31.3 Å². The van der Waals surface area contributed by atoms with Gasteiger partial charge < -0.3 is 14.5 Å². The number of hydrogen-bond acceptors (Lipinski definition) is 5. The lowest BCUT2D eigenvalue weighted by molar-refractivity contribution is 0.0948. The Hall–Kier alpha value is -3.87. The third-order valence-corrected chi connectivity index (χ3v) is 4.96. The zero-order chi connectivity index (χ0) is 21.3. The van der Waals surface area contributed by atoms with Gasteiger partial charge >= 0.3 is 0 Å². The van der Waals surface area contributed by atoms with Crippen LogP contribution in [0.2, 0.25) is 0 Å². The van der Waals surface area contributed by atoms with Gasteiger partial charge in [-0.05, 0) is 36.8 Å². The maximum Gasteiger partial charge on any atom is 0.265 e. The summed E-state index contributed by atoms with van der Waals surface area (Å²) in [6.07, 6.45) is 1.52. The Morgan fingerprint density at radius 1 is 1.17 bits per heavy atom. The van der Waals surface area contributed by atoms with Crippen LogP contribution in [0.25, 0.3) is 22.5 Å². The quantitative estimate of drug-likeness (QED) is 0.552. The minimum atomic E-state index is -0.327. The number of benzene rings is 2. The number of ether oxygens (including phenoxy) is 1. The fourth-order valence-electron chi connectivity index (χ4n) is 3.33. The molecule has 0 radical (unpaired) electrons. The molecule has 30 heavy (non-hydrogen) atoms. The molecule has 0 bridgehead atoms. The predicted molar refractivity (Wildman–Crippen MR) is 114 cm³/mol. The first kappa shape index (κ1) is 19.4. The molecule has 4 rings (SSSR count). The number of nitrogens with zero attached hydrogens (tertiary/aromatic N) is 2. The molecular formula is C23H21N3O4. The monoisotopic (exact) mass is 403 g/mol. The van der Waals surface area contributed by atoms with Gasteiger partial charge in [-0.25, -0.2) is 4.98 Å². The normalized spacial score (nSPS) is 10.9. The summed E-state index contributed by atoms with van der Waals surface area (Å²) in [5, 5.41) is 3.13. The number of nitrogens with one attached hydrogen (secondary N) is 1. The van der Waals surface area contributed by atoms with Crippen LogP contribution in [0, 0.1) is 6.92 Å². The number of amides is 1. The van der Waals surface area contributed by atoms with Crippen LogP contribution in [0.5, 0.6) is 5.75 Å². The van der Waals surface area contributed by atoms with Crippen molar-refractivity contribution in [1.82, 2.24) is 14.9 Å². The van der Waals surface area contributed by atoms with Crippen molar-refractivity contribution in [3.8, 4) is 17.3 Å². The summed E-state index contributed by atoms with van der Waals surface area (Å²) in [5.74, 6) is 0.756. The Bertz CT molecular complexity index is 1270. The molecule has 0 aliphatic rings. The van der Waals surface area contributed by atoms with E-state index >= 15 is 0 Å². The fraction of sp³-hybridized carbons (Fsp3) is 0.174. The number of aryl methyl sites for hydroxylation is 1. The van der Waals surface area contributed by atoms with Gasteiger partial charge in [-0.2, -0.15) is 0 Å². The average molecular weight is 403 g/mol. The van der Waals surface area contributed by atoms with Crippen LogP contribution in [0.15, 0.2) is 64.0 Å². The lowest BCUT2D eigenvalue weighted by atomic mass is 10.1. The number of hydrogen-bond donors (Lipinski definition) is 1. The highest BCUT2D eigenvalue weighted by molar-refractivity contribution is 6.03. The summed E-state index contributed by atoms with van der Waals surface area (Å²) in [5.41, 5.74) is 2.52. The van der Waals surface area contributed by atoms with Crippen LogP contribution in [0.4, 0.5) is 0 Å². The molecular weight excluding hydrogens is 382 g/mol. The molecule has 7 nitrogen and oxygen atoms in total. The molecule has 1 N–H and O–H groups in total. The first-order valence-corrected chi connectivity index (χ1v) is 9.45. The topological polar surface area (TPSA) is 86.4 Å². The van der Waals surface area contributed by atoms with Gasteiger partial charge in [-0.1, -0.05) is 29.8 Å². The van der Waals surface area contributed by atoms with E-state index in [1.807, 2.05) is 31.2 Å². The number of fused-ring (bicyclic) bond motifs is 1. The van der Waals surface area contributed by atoms with E-state index in [2.05, 4.69) is 10.3 Å². The number of aromatic nitrogens is 2. The Balaban J connectivity index is 1.73. The molecule has 7 heteroatoms. The average Bonchev–Trinajstić information content (AvgIpc) is 3.29. The van der Waals surface area contributed by atoms with E-state index in [-0.39, 0.29) is 28.2 Å². The van der Waals surface area contributed by atoms with Crippen molar-refractivity contribution in [2.45, 2.75) is 13.5 Å². The highest BCUT2D eigenvalue weighted by atomic mass is 16.5. The molecule has 0 spiro atoms. The van der Waals surface area contributed by atoms with Gasteiger partial charge in [0.15, 0.2) is 11.6 Å². The standard InChI is InChI=1S/C23H21N3O4/c1-14-6-8-15(9-7-14)13-24-22(27)16-10-11-17-19(20(16)29-3)23(28)26(2)21(25-17)18-5-4-12-30-18/h4-12H,13H2,1-3H3,(H,24,27). The minimum Gasteiger partial charge on any atom is -0.495 e. The molecule has 0 aliphatic carbocycles. The molecule has 4 aromatic rings. The van der Waals surface area contributed by atoms with E-state index in [0.29, 0.717) is 23.6 Å². The maximum atomic E-state index is 13.1. The zero-order valence-corrected chi connectivity index (χ0v) is 16.9. The second-order valence-corrected chi connectivity index (χ2v) is 6.99. The van der Waals surface area contributed by atoms with Crippen LogP contribution < -0.4 is 15.6 Å². The molecule has 0 unspecified atom stereocenters. The Kier molecular flexibility index (Phi) is 5.10. The number of furan rings is 1. The van der Waals surface area contributed by atoms with E-state index in [9.17, 15) is 9.59 Å². The summed E-state index contributed by atoms with van der Waals surface area (Å²) in [6, 6.07) is 14.6. The molecule has 2 aromatic heterocycles. The molecule has 152 valence electrons. The van der Waals surface area contributed by atoms with Gasteiger partial charge in [0.25, 0.3) is 11.5 Å². The molecule has 1 amide bonds. The minimum absolute atomic E-state index is 0.202. The van der Waals surface area contributed by atoms with E-state index < -0.39 is 0 Å². The Morgan fingerprint density at radius 2 is 1.93 bits per heavy atom. The van der Waals surface area contributed by atoms with Gasteiger partial charge in [0.05, 0.1) is 24.5 Å². The van der Waals surface area contributed by atoms with Crippen molar-refractivity contribution in [2.24, 2.45) is 7.05 Å². The largest absolute Gasteiger partial charge is 0.495 e. The number of rotatable bonds is 5. The molecule has 0 saturated heterocycles. The first-order chi connectivity index (χ1) is 14.5. The number of carbonyl (C=O) groups excluding carboxylic acids is 1. The van der Waals surface area contributed by atoms with Gasteiger partial charge in [0.1, 0.15) is 11.1 Å². The van der Waals surface area contributed by atoms with Crippen LogP contribution in [-0.4, -0.2) is 22.6 Å². The molecule has 0 aliphatic heterocycles. The zero-order valence-electron chi connectivity index (χ0n) is 16.9. The van der Waals surface area contributed by atoms with Gasteiger partial charge in [0.2, 0.25) is 0 Å². The van der Waals surface area contributed by atoms with Crippen molar-refractivity contribution in [2.75, 3.05) is 7.11 Å². The van der Waals surface area contributed by atoms with Gasteiger partial charge in [0, 0.05) is 13.6 Å². The van der Waals surface area contributed by atoms with Crippen molar-refractivity contribution < 1.29 is 13.9 Å². The second kappa shape index (κ2) is 7.87. The lowest BCUT2D eigenvalue weighted by Crippen LogP contribution is -2.25. The third kappa shape index (κ3) is 3.45. The first-order valence-electron chi connectivity index (χ1n) is 9.45. The SMILES string of the molecule is COc1c(C(=O)NCc2ccc(C)cc2)ccc2nc(-c3ccco3)n(C)c(=O)c12. The van der Waals surface area contributed by atoms with E-state index in [0.717, 1.165) is 11.1 Å². The Labute approximate surface area is 172 Å². The molecule has 2 aromatic carbocycles. The van der Waals surface area contributed by atoms with E-state index in [4.69, 9.17) is 9.15 Å². The summed E-state index contributed by atoms with van der Waals surface area (Å²) < 4.78 is 12.2. The van der Waals surface area contributed by atoms with Crippen molar-refractivity contribution in [3.05, 3.63) is 81.8 Å². The third-order valence-electron chi connectivity index (χ3n) is 4.96. The van der Waals surface area contributed by atoms with Gasteiger partial charge in [-0.3, -0.25) is 14.2 Å². The lowest BCUT2D eigenvalue weighted by Gasteiger charge is -2.13. The van der Waals surface area contributed by atoms with Crippen LogP contribution in [0.1, 0.15) is 21.5 Å². The number of methoxy groups -OCH3 is 1. The van der Waals surface area contributed by atoms with Crippen LogP contribution in [-0.2, 0) is 13.6 Å². The highest BCUT2D eigenvalue weighted by Crippen LogP contribution is 2.28. The van der Waals surface area contributed by atoms with Crippen molar-refractivity contribution in [1.29, 1.82) is 0 Å². The highest BCUT2D eigenvalue weighted by Gasteiger charge is 2.21. The van der Waals surface area contributed by atoms with Crippen molar-refractivity contribution in [3.63, 3.8) is 0 Å². The Morgan fingerprint density at radius 3 is 2.60 bits per heavy atom. The van der Waals surface area contributed by atoms with Gasteiger partial charge in [-0.15, -0.1) is 0 Å². The molecule has 0 saturated carbocycles. The molecule has 2 heterocycles. The van der Waals surface area contributed by atoms with Crippen molar-refractivity contribution >= 4 is 16.8 Å². The van der Waals surface area contributed by atoms with Crippen LogP contribution >= 0.6 is 0 Å². The summed E-state index contributed by atoms with van der Waals surface area (Å²) in [7, 11) is 3.04. The second-order valence-electron chi connectivity index (χ2n) is 6.99. The fourth-order valence-corrected chi connectivity index (χ4v) is 3.33. The summed E-state index contributed by atoms with van der Waals surface area (Å²) in [6.45, 7) is 2.38. The maximum absolute atomic E-state index is 13.1. The van der Waals surface area contributed by atoms with Crippen LogP contribution in [0.3, 0.4) is 0 Å². The smallest absolute Gasteiger partial charge is 0.265 e. The molecule has 0 fully saturated rings. The number of carbonyl (C=O) groups is 1.